The van der Waals surface area contributed by atoms with Crippen molar-refractivity contribution in [2.45, 2.75) is 6.61 Å². The topological polar surface area (TPSA) is 102 Å². The number of fused-ring (bicyclic) bond motifs is 1. The first kappa shape index (κ1) is 22.8. The van der Waals surface area contributed by atoms with Gasteiger partial charge in [-0.1, -0.05) is 30.3 Å². The fourth-order valence-corrected chi connectivity index (χ4v) is 3.82. The summed E-state index contributed by atoms with van der Waals surface area (Å²) < 4.78 is 24.2. The number of carboxylic acids is 1. The Balaban J connectivity index is 1.28. The van der Waals surface area contributed by atoms with Gasteiger partial charge in [0.1, 0.15) is 17.2 Å². The average molecular weight is 482 g/mol. The van der Waals surface area contributed by atoms with E-state index >= 15 is 0 Å². The third kappa shape index (κ3) is 4.92. The number of aromatic nitrogens is 1. The first-order valence-corrected chi connectivity index (χ1v) is 11.0. The molecule has 0 aliphatic rings. The maximum absolute atomic E-state index is 13.2. The van der Waals surface area contributed by atoms with Crippen molar-refractivity contribution in [3.63, 3.8) is 0 Å². The molecule has 0 saturated heterocycles. The summed E-state index contributed by atoms with van der Waals surface area (Å²) in [6.45, 7) is -0.140. The van der Waals surface area contributed by atoms with E-state index in [0.29, 0.717) is 22.5 Å². The van der Waals surface area contributed by atoms with Crippen LogP contribution < -0.4 is 5.32 Å². The van der Waals surface area contributed by atoms with Crippen molar-refractivity contribution in [2.24, 2.45) is 0 Å². The minimum absolute atomic E-state index is 0.0732. The van der Waals surface area contributed by atoms with Gasteiger partial charge in [-0.3, -0.25) is 10.3 Å². The molecule has 2 aromatic heterocycles. The van der Waals surface area contributed by atoms with Crippen LogP contribution in [0.1, 0.15) is 16.1 Å². The lowest BCUT2D eigenvalue weighted by Crippen LogP contribution is -2.16. The standard InChI is InChI=1S/C28H19FN2O5/c29-22-7-3-17(4-8-22)19-5-9-25(24(14-19)27(32)33)31-28(34)35-16-23-13-21-12-18(6-10-26(21)36-23)20-2-1-11-30-15-20/h1-15H,16H2,(H,31,34)(H,32,33). The Morgan fingerprint density at radius 2 is 1.67 bits per heavy atom. The van der Waals surface area contributed by atoms with E-state index in [4.69, 9.17) is 9.15 Å². The summed E-state index contributed by atoms with van der Waals surface area (Å²) in [5.41, 5.74) is 3.75. The molecule has 5 aromatic rings. The van der Waals surface area contributed by atoms with Gasteiger partial charge in [0, 0.05) is 23.3 Å². The second-order valence-corrected chi connectivity index (χ2v) is 7.98. The first-order chi connectivity index (χ1) is 17.5. The second kappa shape index (κ2) is 9.71. The van der Waals surface area contributed by atoms with Crippen molar-refractivity contribution in [3.05, 3.63) is 108 Å². The zero-order valence-electron chi connectivity index (χ0n) is 18.8. The van der Waals surface area contributed by atoms with E-state index in [1.54, 1.807) is 36.7 Å². The average Bonchev–Trinajstić information content (AvgIpc) is 3.31. The number of hydrogen-bond donors (Lipinski definition) is 2. The molecule has 36 heavy (non-hydrogen) atoms. The molecule has 0 aliphatic heterocycles. The fraction of sp³-hybridized carbons (Fsp3) is 0.0357. The number of carbonyl (C=O) groups excluding carboxylic acids is 1. The van der Waals surface area contributed by atoms with Crippen LogP contribution >= 0.6 is 0 Å². The van der Waals surface area contributed by atoms with Crippen molar-refractivity contribution in [1.82, 2.24) is 4.98 Å². The highest BCUT2D eigenvalue weighted by Crippen LogP contribution is 2.28. The molecule has 0 fully saturated rings. The summed E-state index contributed by atoms with van der Waals surface area (Å²) in [5, 5.41) is 12.9. The van der Waals surface area contributed by atoms with Gasteiger partial charge < -0.3 is 14.3 Å². The summed E-state index contributed by atoms with van der Waals surface area (Å²) >= 11 is 0. The van der Waals surface area contributed by atoms with Crippen LogP contribution in [0, 0.1) is 5.82 Å². The van der Waals surface area contributed by atoms with E-state index in [1.165, 1.54) is 24.3 Å². The van der Waals surface area contributed by atoms with Crippen molar-refractivity contribution in [1.29, 1.82) is 0 Å². The first-order valence-electron chi connectivity index (χ1n) is 11.0. The molecule has 0 saturated carbocycles. The van der Waals surface area contributed by atoms with Crippen molar-refractivity contribution in [2.75, 3.05) is 5.32 Å². The van der Waals surface area contributed by atoms with Crippen LogP contribution in [0.5, 0.6) is 0 Å². The Hall–Kier alpha value is -4.98. The highest BCUT2D eigenvalue weighted by molar-refractivity contribution is 6.00. The van der Waals surface area contributed by atoms with Crippen LogP contribution in [0.2, 0.25) is 0 Å². The molecule has 0 unspecified atom stereocenters. The molecule has 3 aromatic carbocycles. The van der Waals surface area contributed by atoms with Crippen molar-refractivity contribution >= 4 is 28.7 Å². The monoisotopic (exact) mass is 482 g/mol. The molecule has 0 radical (unpaired) electrons. The summed E-state index contributed by atoms with van der Waals surface area (Å²) in [5.74, 6) is -1.18. The highest BCUT2D eigenvalue weighted by atomic mass is 19.1. The van der Waals surface area contributed by atoms with Crippen LogP contribution in [0.4, 0.5) is 14.9 Å². The number of benzene rings is 3. The van der Waals surface area contributed by atoms with Gasteiger partial charge >= 0.3 is 12.1 Å². The maximum Gasteiger partial charge on any atom is 0.412 e. The van der Waals surface area contributed by atoms with E-state index in [2.05, 4.69) is 10.3 Å². The van der Waals surface area contributed by atoms with Gasteiger partial charge in [0.15, 0.2) is 6.61 Å². The number of carbonyl (C=O) groups is 2. The molecule has 7 nitrogen and oxygen atoms in total. The quantitative estimate of drug-likeness (QED) is 0.278. The van der Waals surface area contributed by atoms with E-state index < -0.39 is 17.9 Å². The Morgan fingerprint density at radius 1 is 0.917 bits per heavy atom. The molecule has 0 spiro atoms. The van der Waals surface area contributed by atoms with E-state index in [0.717, 1.165) is 16.5 Å². The molecule has 0 bridgehead atoms. The van der Waals surface area contributed by atoms with Crippen molar-refractivity contribution in [3.8, 4) is 22.3 Å². The Bertz CT molecular complexity index is 1560. The second-order valence-electron chi connectivity index (χ2n) is 7.98. The molecule has 2 N–H and O–H groups in total. The van der Waals surface area contributed by atoms with Crippen LogP contribution in [0.15, 0.2) is 95.7 Å². The zero-order chi connectivity index (χ0) is 25.1. The summed E-state index contributed by atoms with van der Waals surface area (Å²) in [6, 6.07) is 21.5. The molecule has 8 heteroatoms. The Kier molecular flexibility index (Phi) is 6.15. The number of hydrogen-bond acceptors (Lipinski definition) is 5. The third-order valence-electron chi connectivity index (χ3n) is 5.57. The van der Waals surface area contributed by atoms with Gasteiger partial charge in [0.25, 0.3) is 0 Å². The number of aromatic carboxylic acids is 1. The van der Waals surface area contributed by atoms with Gasteiger partial charge in [-0.15, -0.1) is 0 Å². The SMILES string of the molecule is O=C(Nc1ccc(-c2ccc(F)cc2)cc1C(=O)O)OCc1cc2cc(-c3cccnc3)ccc2o1. The molecular formula is C28H19FN2O5. The lowest BCUT2D eigenvalue weighted by Gasteiger charge is -2.11. The molecule has 0 atom stereocenters. The highest BCUT2D eigenvalue weighted by Gasteiger charge is 2.16. The van der Waals surface area contributed by atoms with Gasteiger partial charge in [-0.25, -0.2) is 14.0 Å². The lowest BCUT2D eigenvalue weighted by atomic mass is 10.0. The van der Waals surface area contributed by atoms with E-state index in [-0.39, 0.29) is 17.9 Å². The smallest absolute Gasteiger partial charge is 0.412 e. The minimum Gasteiger partial charge on any atom is -0.478 e. The van der Waals surface area contributed by atoms with E-state index in [9.17, 15) is 19.1 Å². The Labute approximate surface area is 204 Å². The number of pyridine rings is 1. The number of amides is 1. The third-order valence-corrected chi connectivity index (χ3v) is 5.57. The van der Waals surface area contributed by atoms with Crippen LogP contribution in [0.25, 0.3) is 33.2 Å². The predicted octanol–water partition coefficient (Wildman–Crippen LogP) is 6.75. The van der Waals surface area contributed by atoms with Crippen molar-refractivity contribution < 1.29 is 28.2 Å². The molecule has 5 rings (SSSR count). The van der Waals surface area contributed by atoms with Gasteiger partial charge in [-0.2, -0.15) is 0 Å². The molecular weight excluding hydrogens is 463 g/mol. The van der Waals surface area contributed by atoms with Gasteiger partial charge in [-0.05, 0) is 65.2 Å². The van der Waals surface area contributed by atoms with Gasteiger partial charge in [0.05, 0.1) is 11.3 Å². The molecule has 1 amide bonds. The number of carboxylic acid groups (broad SMARTS) is 1. The molecule has 178 valence electrons. The molecule has 0 aliphatic carbocycles. The summed E-state index contributed by atoms with van der Waals surface area (Å²) in [6.07, 6.45) is 2.65. The zero-order valence-corrected chi connectivity index (χ0v) is 18.8. The minimum atomic E-state index is -1.23. The Morgan fingerprint density at radius 3 is 2.42 bits per heavy atom. The number of ether oxygens (including phenoxy) is 1. The maximum atomic E-state index is 13.2. The number of rotatable bonds is 6. The number of halogens is 1. The number of anilines is 1. The van der Waals surface area contributed by atoms with Crippen LogP contribution in [0.3, 0.4) is 0 Å². The fourth-order valence-electron chi connectivity index (χ4n) is 3.82. The number of nitrogens with zero attached hydrogens (tertiary/aromatic N) is 1. The predicted molar refractivity (Wildman–Crippen MR) is 132 cm³/mol. The van der Waals surface area contributed by atoms with Crippen LogP contribution in [-0.2, 0) is 11.3 Å². The summed E-state index contributed by atoms with van der Waals surface area (Å²) in [7, 11) is 0. The lowest BCUT2D eigenvalue weighted by molar-refractivity contribution is 0.0698. The number of nitrogens with one attached hydrogen (secondary N) is 1. The van der Waals surface area contributed by atoms with E-state index in [1.807, 2.05) is 30.3 Å². The van der Waals surface area contributed by atoms with Crippen LogP contribution in [-0.4, -0.2) is 22.2 Å². The molecule has 2 heterocycles. The largest absolute Gasteiger partial charge is 0.478 e. The van der Waals surface area contributed by atoms with Gasteiger partial charge in [0.2, 0.25) is 0 Å². The normalized spacial score (nSPS) is 10.8. The number of furan rings is 1. The summed E-state index contributed by atoms with van der Waals surface area (Å²) in [4.78, 5) is 28.3.